The molecule has 0 spiro atoms. The van der Waals surface area contributed by atoms with Crippen molar-refractivity contribution in [1.29, 1.82) is 0 Å². The fourth-order valence-corrected chi connectivity index (χ4v) is 2.02. The number of hydrogen-bond donors (Lipinski definition) is 0. The summed E-state index contributed by atoms with van der Waals surface area (Å²) in [6, 6.07) is 3.41. The molecule has 1 aromatic heterocycles. The number of carbonyl (C=O) groups excluding carboxylic acids is 2. The molecule has 2 amide bonds. The van der Waals surface area contributed by atoms with Gasteiger partial charge >= 0.3 is 0 Å². The van der Waals surface area contributed by atoms with Gasteiger partial charge in [-0.25, -0.2) is 9.88 Å². The van der Waals surface area contributed by atoms with Crippen molar-refractivity contribution in [2.75, 3.05) is 4.90 Å². The average Bonchev–Trinajstić information content (AvgIpc) is 2.36. The van der Waals surface area contributed by atoms with Crippen molar-refractivity contribution < 1.29 is 9.59 Å². The molecule has 4 nitrogen and oxygen atoms in total. The normalized spacial score (nSPS) is 19.3. The first-order valence-corrected chi connectivity index (χ1v) is 5.70. The SMILES string of the molecule is CC1(C)CC(=O)N(c2cc(Br)ccn2)C1=O. The Morgan fingerprint density at radius 3 is 2.62 bits per heavy atom. The molecule has 84 valence electrons. The van der Waals surface area contributed by atoms with Crippen LogP contribution in [0, 0.1) is 5.41 Å². The van der Waals surface area contributed by atoms with Gasteiger partial charge in [-0.1, -0.05) is 29.8 Å². The molecule has 0 aromatic carbocycles. The summed E-state index contributed by atoms with van der Waals surface area (Å²) in [6.07, 6.45) is 1.80. The number of nitrogens with zero attached hydrogens (tertiary/aromatic N) is 2. The highest BCUT2D eigenvalue weighted by Crippen LogP contribution is 2.34. The van der Waals surface area contributed by atoms with Crippen LogP contribution < -0.4 is 4.90 Å². The summed E-state index contributed by atoms with van der Waals surface area (Å²) < 4.78 is 0.794. The Balaban J connectivity index is 2.43. The first-order valence-electron chi connectivity index (χ1n) is 4.91. The predicted molar refractivity (Wildman–Crippen MR) is 62.8 cm³/mol. The smallest absolute Gasteiger partial charge is 0.241 e. The third kappa shape index (κ3) is 1.75. The largest absolute Gasteiger partial charge is 0.274 e. The van der Waals surface area contributed by atoms with Crippen LogP contribution in [0.5, 0.6) is 0 Å². The van der Waals surface area contributed by atoms with Crippen molar-refractivity contribution in [3.63, 3.8) is 0 Å². The predicted octanol–water partition coefficient (Wildman–Crippen LogP) is 2.13. The van der Waals surface area contributed by atoms with Crippen LogP contribution in [0.15, 0.2) is 22.8 Å². The van der Waals surface area contributed by atoms with Crippen molar-refractivity contribution in [1.82, 2.24) is 4.98 Å². The van der Waals surface area contributed by atoms with Crippen LogP contribution >= 0.6 is 15.9 Å². The number of pyridine rings is 1. The Bertz CT molecular complexity index is 471. The van der Waals surface area contributed by atoms with E-state index in [1.807, 2.05) is 0 Å². The van der Waals surface area contributed by atoms with Gasteiger partial charge in [-0.05, 0) is 12.1 Å². The van der Waals surface area contributed by atoms with E-state index >= 15 is 0 Å². The Hall–Kier alpha value is -1.23. The first-order chi connectivity index (χ1) is 7.42. The zero-order chi connectivity index (χ0) is 11.9. The molecule has 5 heteroatoms. The van der Waals surface area contributed by atoms with Crippen LogP contribution in [-0.2, 0) is 9.59 Å². The fourth-order valence-electron chi connectivity index (χ4n) is 1.70. The van der Waals surface area contributed by atoms with Crippen molar-refractivity contribution in [2.24, 2.45) is 5.41 Å². The number of amides is 2. The van der Waals surface area contributed by atoms with E-state index in [0.29, 0.717) is 5.82 Å². The minimum absolute atomic E-state index is 0.192. The number of carbonyl (C=O) groups is 2. The topological polar surface area (TPSA) is 50.3 Å². The molecule has 0 aliphatic carbocycles. The van der Waals surface area contributed by atoms with E-state index in [-0.39, 0.29) is 18.2 Å². The Morgan fingerprint density at radius 1 is 1.44 bits per heavy atom. The molecular formula is C11H11BrN2O2. The van der Waals surface area contributed by atoms with Crippen molar-refractivity contribution >= 4 is 33.6 Å². The second-order valence-corrected chi connectivity index (χ2v) is 5.34. The fraction of sp³-hybridized carbons (Fsp3) is 0.364. The maximum absolute atomic E-state index is 12.0. The lowest BCUT2D eigenvalue weighted by molar-refractivity contribution is -0.124. The molecule has 1 aliphatic heterocycles. The molecule has 0 N–H and O–H groups in total. The van der Waals surface area contributed by atoms with Crippen LogP contribution in [-0.4, -0.2) is 16.8 Å². The molecule has 0 radical (unpaired) electrons. The lowest BCUT2D eigenvalue weighted by Gasteiger charge is -2.16. The molecule has 2 rings (SSSR count). The van der Waals surface area contributed by atoms with E-state index in [1.54, 1.807) is 32.2 Å². The van der Waals surface area contributed by atoms with Gasteiger partial charge in [0.15, 0.2) is 0 Å². The third-order valence-electron chi connectivity index (χ3n) is 2.56. The lowest BCUT2D eigenvalue weighted by Crippen LogP contribution is -2.33. The maximum Gasteiger partial charge on any atom is 0.241 e. The molecule has 0 atom stereocenters. The zero-order valence-corrected chi connectivity index (χ0v) is 10.6. The lowest BCUT2D eigenvalue weighted by atomic mass is 9.92. The minimum Gasteiger partial charge on any atom is -0.274 e. The molecule has 0 saturated carbocycles. The summed E-state index contributed by atoms with van der Waals surface area (Å²) in [5.41, 5.74) is -0.624. The van der Waals surface area contributed by atoms with Crippen LogP contribution in [0.1, 0.15) is 20.3 Å². The molecule has 0 unspecified atom stereocenters. The van der Waals surface area contributed by atoms with Crippen LogP contribution in [0.2, 0.25) is 0 Å². The number of hydrogen-bond acceptors (Lipinski definition) is 3. The van der Waals surface area contributed by atoms with Gasteiger partial charge in [0.1, 0.15) is 5.82 Å². The van der Waals surface area contributed by atoms with Crippen LogP contribution in [0.3, 0.4) is 0 Å². The van der Waals surface area contributed by atoms with E-state index in [9.17, 15) is 9.59 Å². The molecule has 0 bridgehead atoms. The molecule has 1 saturated heterocycles. The van der Waals surface area contributed by atoms with Gasteiger partial charge in [0.25, 0.3) is 0 Å². The van der Waals surface area contributed by atoms with Gasteiger partial charge in [-0.2, -0.15) is 0 Å². The number of rotatable bonds is 1. The summed E-state index contributed by atoms with van der Waals surface area (Å²) in [5.74, 6) is -0.00125. The van der Waals surface area contributed by atoms with Crippen LogP contribution in [0.4, 0.5) is 5.82 Å². The maximum atomic E-state index is 12.0. The molecule has 1 aromatic rings. The zero-order valence-electron chi connectivity index (χ0n) is 9.03. The van der Waals surface area contributed by atoms with E-state index in [1.165, 1.54) is 0 Å². The monoisotopic (exact) mass is 282 g/mol. The van der Waals surface area contributed by atoms with Crippen LogP contribution in [0.25, 0.3) is 0 Å². The van der Waals surface area contributed by atoms with Gasteiger partial charge < -0.3 is 0 Å². The summed E-state index contributed by atoms with van der Waals surface area (Å²) in [6.45, 7) is 3.54. The number of imide groups is 1. The van der Waals surface area contributed by atoms with Gasteiger partial charge in [-0.3, -0.25) is 9.59 Å². The summed E-state index contributed by atoms with van der Waals surface area (Å²) in [4.78, 5) is 29.0. The van der Waals surface area contributed by atoms with E-state index < -0.39 is 5.41 Å². The quantitative estimate of drug-likeness (QED) is 0.742. The van der Waals surface area contributed by atoms with Gasteiger partial charge in [0.2, 0.25) is 11.8 Å². The number of halogens is 1. The Kier molecular flexibility index (Phi) is 2.58. The number of anilines is 1. The second-order valence-electron chi connectivity index (χ2n) is 4.43. The van der Waals surface area contributed by atoms with Crippen molar-refractivity contribution in [2.45, 2.75) is 20.3 Å². The van der Waals surface area contributed by atoms with E-state index in [2.05, 4.69) is 20.9 Å². The summed E-state index contributed by atoms with van der Waals surface area (Å²) >= 11 is 3.29. The Morgan fingerprint density at radius 2 is 2.12 bits per heavy atom. The highest BCUT2D eigenvalue weighted by Gasteiger charge is 2.46. The average molecular weight is 283 g/mol. The molecule has 2 heterocycles. The van der Waals surface area contributed by atoms with Gasteiger partial charge in [0.05, 0.1) is 5.41 Å². The highest BCUT2D eigenvalue weighted by atomic mass is 79.9. The molecule has 1 fully saturated rings. The second kappa shape index (κ2) is 3.66. The van der Waals surface area contributed by atoms with Gasteiger partial charge in [-0.15, -0.1) is 0 Å². The van der Waals surface area contributed by atoms with Gasteiger partial charge in [0, 0.05) is 17.1 Å². The third-order valence-corrected chi connectivity index (χ3v) is 3.05. The summed E-state index contributed by atoms with van der Waals surface area (Å²) in [5, 5.41) is 0. The summed E-state index contributed by atoms with van der Waals surface area (Å²) in [7, 11) is 0. The molecule has 16 heavy (non-hydrogen) atoms. The van der Waals surface area contributed by atoms with E-state index in [4.69, 9.17) is 0 Å². The number of aromatic nitrogens is 1. The van der Waals surface area contributed by atoms with E-state index in [0.717, 1.165) is 9.37 Å². The first kappa shape index (κ1) is 11.3. The standard InChI is InChI=1S/C11H11BrN2O2/c1-11(2)6-9(15)14(10(11)16)8-5-7(12)3-4-13-8/h3-5H,6H2,1-2H3. The minimum atomic E-state index is -0.624. The highest BCUT2D eigenvalue weighted by molar-refractivity contribution is 9.10. The van der Waals surface area contributed by atoms with Crippen molar-refractivity contribution in [3.8, 4) is 0 Å². The molecule has 1 aliphatic rings. The van der Waals surface area contributed by atoms with Crippen molar-refractivity contribution in [3.05, 3.63) is 22.8 Å². The Labute approximate surface area is 102 Å². The molecular weight excluding hydrogens is 272 g/mol.